The second-order valence-electron chi connectivity index (χ2n) is 3.42. The maximum Gasteiger partial charge on any atom is 0.0714 e. The summed E-state index contributed by atoms with van der Waals surface area (Å²) in [5.74, 6) is 5.98. The molecule has 0 fully saturated rings. The first-order valence-corrected chi connectivity index (χ1v) is 5.24. The fraction of sp³-hybridized carbons (Fsp3) is 0.154. The van der Waals surface area contributed by atoms with Crippen LogP contribution in [0.1, 0.15) is 12.0 Å². The van der Waals surface area contributed by atoms with Gasteiger partial charge in [0.25, 0.3) is 0 Å². The monoisotopic (exact) mass is 222 g/mol. The average molecular weight is 222 g/mol. The number of azide groups is 1. The predicted octanol–water partition coefficient (Wildman–Crippen LogP) is 3.29. The minimum absolute atomic E-state index is 0.412. The maximum absolute atomic E-state index is 8.10. The molecule has 0 aliphatic rings. The molecule has 1 aromatic carbocycles. The first-order valence-electron chi connectivity index (χ1n) is 5.24. The summed E-state index contributed by atoms with van der Waals surface area (Å²) < 4.78 is 0. The highest BCUT2D eigenvalue weighted by atomic mass is 15.1. The third-order valence-corrected chi connectivity index (χ3v) is 2.24. The molecule has 0 saturated carbocycles. The zero-order valence-corrected chi connectivity index (χ0v) is 9.17. The van der Waals surface area contributed by atoms with Crippen molar-refractivity contribution in [2.24, 2.45) is 5.11 Å². The zero-order chi connectivity index (χ0) is 11.9. The standard InChI is InChI=1S/C13H10N4/c14-17-16-9-2-1-4-11-6-7-12-5-3-8-15-13(12)10-11/h3,5-8,10H,2,9H2. The topological polar surface area (TPSA) is 61.7 Å². The van der Waals surface area contributed by atoms with Crippen molar-refractivity contribution < 1.29 is 0 Å². The van der Waals surface area contributed by atoms with Crippen LogP contribution in [0.4, 0.5) is 0 Å². The van der Waals surface area contributed by atoms with Gasteiger partial charge < -0.3 is 0 Å². The van der Waals surface area contributed by atoms with Gasteiger partial charge in [-0.25, -0.2) is 0 Å². The van der Waals surface area contributed by atoms with Gasteiger partial charge in [0, 0.05) is 35.0 Å². The summed E-state index contributed by atoms with van der Waals surface area (Å²) in [5.41, 5.74) is 9.97. The minimum Gasteiger partial charge on any atom is -0.256 e. The van der Waals surface area contributed by atoms with E-state index in [4.69, 9.17) is 5.53 Å². The van der Waals surface area contributed by atoms with E-state index in [1.54, 1.807) is 6.20 Å². The molecular formula is C13H10N4. The average Bonchev–Trinajstić information content (AvgIpc) is 2.38. The van der Waals surface area contributed by atoms with Crippen molar-refractivity contribution in [3.05, 3.63) is 52.5 Å². The highest BCUT2D eigenvalue weighted by Gasteiger charge is 1.93. The van der Waals surface area contributed by atoms with Crippen LogP contribution in [0.25, 0.3) is 21.3 Å². The van der Waals surface area contributed by atoms with E-state index in [0.717, 1.165) is 16.5 Å². The molecule has 0 aliphatic heterocycles. The van der Waals surface area contributed by atoms with Crippen LogP contribution in [-0.2, 0) is 0 Å². The molecular weight excluding hydrogens is 212 g/mol. The van der Waals surface area contributed by atoms with Gasteiger partial charge in [0.2, 0.25) is 0 Å². The van der Waals surface area contributed by atoms with Crippen molar-refractivity contribution in [1.29, 1.82) is 0 Å². The SMILES string of the molecule is [N-]=[N+]=NCCC#Cc1ccc2cccnc2c1. The molecule has 1 heterocycles. The van der Waals surface area contributed by atoms with Crippen LogP contribution in [0.3, 0.4) is 0 Å². The fourth-order valence-electron chi connectivity index (χ4n) is 1.46. The summed E-state index contributed by atoms with van der Waals surface area (Å²) in [6.07, 6.45) is 2.34. The van der Waals surface area contributed by atoms with Crippen molar-refractivity contribution >= 4 is 10.9 Å². The van der Waals surface area contributed by atoms with E-state index in [2.05, 4.69) is 26.9 Å². The number of aromatic nitrogens is 1. The number of pyridine rings is 1. The number of benzene rings is 1. The van der Waals surface area contributed by atoms with E-state index in [9.17, 15) is 0 Å². The van der Waals surface area contributed by atoms with Crippen LogP contribution >= 0.6 is 0 Å². The molecule has 0 saturated heterocycles. The van der Waals surface area contributed by atoms with Crippen molar-refractivity contribution in [2.75, 3.05) is 6.54 Å². The maximum atomic E-state index is 8.10. The van der Waals surface area contributed by atoms with Gasteiger partial charge in [0.1, 0.15) is 0 Å². The number of rotatable bonds is 2. The van der Waals surface area contributed by atoms with Crippen molar-refractivity contribution in [2.45, 2.75) is 6.42 Å². The summed E-state index contributed by atoms with van der Waals surface area (Å²) in [7, 11) is 0. The Balaban J connectivity index is 2.16. The molecule has 82 valence electrons. The van der Waals surface area contributed by atoms with E-state index in [0.29, 0.717) is 13.0 Å². The summed E-state index contributed by atoms with van der Waals surface area (Å²) in [4.78, 5) is 6.93. The predicted molar refractivity (Wildman–Crippen MR) is 67.3 cm³/mol. The molecule has 0 N–H and O–H groups in total. The van der Waals surface area contributed by atoms with E-state index in [1.807, 2.05) is 30.3 Å². The van der Waals surface area contributed by atoms with Crippen LogP contribution in [0, 0.1) is 11.8 Å². The van der Waals surface area contributed by atoms with E-state index in [-0.39, 0.29) is 0 Å². The molecule has 1 aromatic heterocycles. The second-order valence-corrected chi connectivity index (χ2v) is 3.42. The lowest BCUT2D eigenvalue weighted by atomic mass is 10.1. The Hall–Kier alpha value is -2.50. The first-order chi connectivity index (χ1) is 8.40. The Morgan fingerprint density at radius 1 is 1.35 bits per heavy atom. The van der Waals surface area contributed by atoms with Gasteiger partial charge in [-0.05, 0) is 23.7 Å². The Bertz CT molecular complexity index is 630. The van der Waals surface area contributed by atoms with Crippen LogP contribution in [0.5, 0.6) is 0 Å². The van der Waals surface area contributed by atoms with Gasteiger partial charge in [-0.2, -0.15) is 0 Å². The Kier molecular flexibility index (Phi) is 3.59. The van der Waals surface area contributed by atoms with E-state index >= 15 is 0 Å². The molecule has 0 amide bonds. The molecule has 0 atom stereocenters. The third kappa shape index (κ3) is 2.97. The second kappa shape index (κ2) is 5.55. The first kappa shape index (κ1) is 11.0. The molecule has 4 nitrogen and oxygen atoms in total. The Labute approximate surface area is 98.9 Å². The smallest absolute Gasteiger partial charge is 0.0714 e. The fourth-order valence-corrected chi connectivity index (χ4v) is 1.46. The summed E-state index contributed by atoms with van der Waals surface area (Å²) >= 11 is 0. The van der Waals surface area contributed by atoms with Gasteiger partial charge in [0.15, 0.2) is 0 Å². The van der Waals surface area contributed by atoms with Crippen LogP contribution in [0.15, 0.2) is 41.6 Å². The highest BCUT2D eigenvalue weighted by molar-refractivity contribution is 5.79. The van der Waals surface area contributed by atoms with Crippen LogP contribution < -0.4 is 0 Å². The van der Waals surface area contributed by atoms with Gasteiger partial charge in [-0.15, -0.1) is 0 Å². The van der Waals surface area contributed by atoms with E-state index in [1.165, 1.54) is 0 Å². The molecule has 4 heteroatoms. The zero-order valence-electron chi connectivity index (χ0n) is 9.17. The lowest BCUT2D eigenvalue weighted by molar-refractivity contribution is 1.01. The molecule has 0 aliphatic carbocycles. The normalized spacial score (nSPS) is 9.18. The molecule has 2 aromatic rings. The number of hydrogen-bond acceptors (Lipinski definition) is 2. The molecule has 0 bridgehead atoms. The van der Waals surface area contributed by atoms with Crippen LogP contribution in [-0.4, -0.2) is 11.5 Å². The van der Waals surface area contributed by atoms with Crippen molar-refractivity contribution in [3.63, 3.8) is 0 Å². The third-order valence-electron chi connectivity index (χ3n) is 2.24. The van der Waals surface area contributed by atoms with Crippen LogP contribution in [0.2, 0.25) is 0 Å². The molecule has 0 spiro atoms. The van der Waals surface area contributed by atoms with Gasteiger partial charge >= 0.3 is 0 Å². The number of fused-ring (bicyclic) bond motifs is 1. The number of nitrogens with zero attached hydrogens (tertiary/aromatic N) is 4. The Morgan fingerprint density at radius 3 is 3.18 bits per heavy atom. The largest absolute Gasteiger partial charge is 0.256 e. The number of hydrogen-bond donors (Lipinski definition) is 0. The van der Waals surface area contributed by atoms with Gasteiger partial charge in [0.05, 0.1) is 5.52 Å². The van der Waals surface area contributed by atoms with Crippen molar-refractivity contribution in [1.82, 2.24) is 4.98 Å². The van der Waals surface area contributed by atoms with Gasteiger partial charge in [-0.3, -0.25) is 4.98 Å². The molecule has 0 radical (unpaired) electrons. The molecule has 2 rings (SSSR count). The Morgan fingerprint density at radius 2 is 2.29 bits per heavy atom. The highest BCUT2D eigenvalue weighted by Crippen LogP contribution is 2.12. The summed E-state index contributed by atoms with van der Waals surface area (Å²) in [6.45, 7) is 0.412. The summed E-state index contributed by atoms with van der Waals surface area (Å²) in [6, 6.07) is 9.84. The van der Waals surface area contributed by atoms with Crippen molar-refractivity contribution in [3.8, 4) is 11.8 Å². The van der Waals surface area contributed by atoms with E-state index < -0.39 is 0 Å². The quantitative estimate of drug-likeness (QED) is 0.253. The molecule has 17 heavy (non-hydrogen) atoms. The summed E-state index contributed by atoms with van der Waals surface area (Å²) in [5, 5.41) is 4.52. The lowest BCUT2D eigenvalue weighted by Gasteiger charge is -1.96. The van der Waals surface area contributed by atoms with Gasteiger partial charge in [-0.1, -0.05) is 29.1 Å². The minimum atomic E-state index is 0.412. The molecule has 0 unspecified atom stereocenters. The lowest BCUT2D eigenvalue weighted by Crippen LogP contribution is -1.80.